The van der Waals surface area contributed by atoms with Crippen molar-refractivity contribution in [2.75, 3.05) is 13.1 Å². The molecule has 0 aromatic heterocycles. The van der Waals surface area contributed by atoms with Gasteiger partial charge in [0, 0.05) is 11.5 Å². The Hall–Kier alpha value is -1.20. The number of hydrogen-bond acceptors (Lipinski definition) is 2. The monoisotopic (exact) mass is 304 g/mol. The molecule has 1 saturated heterocycles. The van der Waals surface area contributed by atoms with Crippen LogP contribution in [0.15, 0.2) is 18.2 Å². The standard InChI is InChI=1S/C14H18F2N2O.ClH/c1-9(13-11(15)3-2-4-12(13)16)18-14(19)10-5-7-17-8-6-10;/h2-4,9-10,17H,5-8H2,1H3,(H,18,19);1H. The van der Waals surface area contributed by atoms with E-state index in [1.807, 2.05) is 0 Å². The highest BCUT2D eigenvalue weighted by Gasteiger charge is 2.24. The van der Waals surface area contributed by atoms with E-state index >= 15 is 0 Å². The molecule has 1 heterocycles. The van der Waals surface area contributed by atoms with Crippen LogP contribution in [0.4, 0.5) is 8.78 Å². The lowest BCUT2D eigenvalue weighted by molar-refractivity contribution is -0.126. The van der Waals surface area contributed by atoms with Crippen LogP contribution in [0.5, 0.6) is 0 Å². The first-order chi connectivity index (χ1) is 9.09. The van der Waals surface area contributed by atoms with Crippen LogP contribution in [0.1, 0.15) is 31.4 Å². The van der Waals surface area contributed by atoms with E-state index in [1.54, 1.807) is 6.92 Å². The predicted octanol–water partition coefficient (Wildman–Crippen LogP) is 2.56. The van der Waals surface area contributed by atoms with Crippen LogP contribution in [-0.2, 0) is 4.79 Å². The molecule has 0 spiro atoms. The van der Waals surface area contributed by atoms with Crippen molar-refractivity contribution in [1.29, 1.82) is 0 Å². The highest BCUT2D eigenvalue weighted by atomic mass is 35.5. The molecular weight excluding hydrogens is 286 g/mol. The summed E-state index contributed by atoms with van der Waals surface area (Å²) in [4.78, 5) is 12.0. The number of halogens is 3. The van der Waals surface area contributed by atoms with Crippen LogP contribution in [-0.4, -0.2) is 19.0 Å². The van der Waals surface area contributed by atoms with Gasteiger partial charge in [-0.05, 0) is 45.0 Å². The van der Waals surface area contributed by atoms with E-state index in [1.165, 1.54) is 18.2 Å². The summed E-state index contributed by atoms with van der Waals surface area (Å²) in [5, 5.41) is 5.87. The van der Waals surface area contributed by atoms with Gasteiger partial charge in [0.05, 0.1) is 6.04 Å². The zero-order valence-electron chi connectivity index (χ0n) is 11.3. The molecule has 1 fully saturated rings. The van der Waals surface area contributed by atoms with Crippen molar-refractivity contribution in [3.05, 3.63) is 35.4 Å². The molecule has 1 atom stereocenters. The summed E-state index contributed by atoms with van der Waals surface area (Å²) in [5.41, 5.74) is -0.0789. The molecule has 112 valence electrons. The first-order valence-corrected chi connectivity index (χ1v) is 6.54. The van der Waals surface area contributed by atoms with Crippen molar-refractivity contribution in [1.82, 2.24) is 10.6 Å². The van der Waals surface area contributed by atoms with E-state index in [2.05, 4.69) is 10.6 Å². The Balaban J connectivity index is 0.00000200. The highest BCUT2D eigenvalue weighted by molar-refractivity contribution is 5.85. The zero-order valence-corrected chi connectivity index (χ0v) is 12.1. The minimum atomic E-state index is -0.663. The molecular formula is C14H19ClF2N2O. The third-order valence-electron chi connectivity index (χ3n) is 3.50. The lowest BCUT2D eigenvalue weighted by Gasteiger charge is -2.24. The average molecular weight is 305 g/mol. The minimum Gasteiger partial charge on any atom is -0.349 e. The zero-order chi connectivity index (χ0) is 13.8. The topological polar surface area (TPSA) is 41.1 Å². The lowest BCUT2D eigenvalue weighted by atomic mass is 9.96. The van der Waals surface area contributed by atoms with Gasteiger partial charge in [-0.2, -0.15) is 0 Å². The number of carbonyl (C=O) groups excluding carboxylic acids is 1. The molecule has 0 aliphatic carbocycles. The Morgan fingerprint density at radius 1 is 1.30 bits per heavy atom. The average Bonchev–Trinajstić information content (AvgIpc) is 2.39. The Morgan fingerprint density at radius 3 is 2.40 bits per heavy atom. The number of piperidine rings is 1. The highest BCUT2D eigenvalue weighted by Crippen LogP contribution is 2.21. The summed E-state index contributed by atoms with van der Waals surface area (Å²) in [5.74, 6) is -1.45. The van der Waals surface area contributed by atoms with Crippen molar-refractivity contribution in [2.45, 2.75) is 25.8 Å². The maximum absolute atomic E-state index is 13.6. The molecule has 3 nitrogen and oxygen atoms in total. The smallest absolute Gasteiger partial charge is 0.223 e. The molecule has 1 amide bonds. The quantitative estimate of drug-likeness (QED) is 0.901. The Morgan fingerprint density at radius 2 is 1.85 bits per heavy atom. The molecule has 6 heteroatoms. The first kappa shape index (κ1) is 16.9. The van der Waals surface area contributed by atoms with E-state index in [0.29, 0.717) is 0 Å². The third kappa shape index (κ3) is 3.90. The maximum atomic E-state index is 13.6. The van der Waals surface area contributed by atoms with Gasteiger partial charge in [-0.15, -0.1) is 12.4 Å². The second-order valence-electron chi connectivity index (χ2n) is 4.89. The van der Waals surface area contributed by atoms with Gasteiger partial charge < -0.3 is 10.6 Å². The summed E-state index contributed by atoms with van der Waals surface area (Å²) in [6.45, 7) is 3.21. The summed E-state index contributed by atoms with van der Waals surface area (Å²) < 4.78 is 27.2. The molecule has 1 aliphatic heterocycles. The molecule has 2 rings (SSSR count). The van der Waals surface area contributed by atoms with Gasteiger partial charge in [0.1, 0.15) is 11.6 Å². The van der Waals surface area contributed by atoms with Crippen molar-refractivity contribution < 1.29 is 13.6 Å². The molecule has 1 unspecified atom stereocenters. The fraction of sp³-hybridized carbons (Fsp3) is 0.500. The number of nitrogens with one attached hydrogen (secondary N) is 2. The summed E-state index contributed by atoms with van der Waals surface area (Å²) in [7, 11) is 0. The Labute approximate surface area is 123 Å². The van der Waals surface area contributed by atoms with Crippen molar-refractivity contribution in [2.24, 2.45) is 5.92 Å². The summed E-state index contributed by atoms with van der Waals surface area (Å²) in [6, 6.07) is 3.05. The number of hydrogen-bond donors (Lipinski definition) is 2. The van der Waals surface area contributed by atoms with E-state index in [0.717, 1.165) is 25.9 Å². The summed E-state index contributed by atoms with van der Waals surface area (Å²) >= 11 is 0. The van der Waals surface area contributed by atoms with E-state index in [4.69, 9.17) is 0 Å². The van der Waals surface area contributed by atoms with E-state index in [-0.39, 0.29) is 29.8 Å². The molecule has 20 heavy (non-hydrogen) atoms. The van der Waals surface area contributed by atoms with Gasteiger partial charge in [0.15, 0.2) is 0 Å². The third-order valence-corrected chi connectivity index (χ3v) is 3.50. The first-order valence-electron chi connectivity index (χ1n) is 6.54. The number of carbonyl (C=O) groups is 1. The van der Waals surface area contributed by atoms with Crippen LogP contribution >= 0.6 is 12.4 Å². The molecule has 0 saturated carbocycles. The summed E-state index contributed by atoms with van der Waals surface area (Å²) in [6.07, 6.45) is 1.52. The fourth-order valence-corrected chi connectivity index (χ4v) is 2.41. The maximum Gasteiger partial charge on any atom is 0.223 e. The van der Waals surface area contributed by atoms with Gasteiger partial charge in [0.2, 0.25) is 5.91 Å². The molecule has 2 N–H and O–H groups in total. The van der Waals surface area contributed by atoms with Gasteiger partial charge in [-0.3, -0.25) is 4.79 Å². The Kier molecular flexibility index (Phi) is 6.36. The van der Waals surface area contributed by atoms with Crippen LogP contribution in [0.3, 0.4) is 0 Å². The molecule has 0 bridgehead atoms. The lowest BCUT2D eigenvalue weighted by Crippen LogP contribution is -2.39. The van der Waals surface area contributed by atoms with Crippen LogP contribution in [0, 0.1) is 17.6 Å². The normalized spacial score (nSPS) is 17.1. The number of rotatable bonds is 3. The fourth-order valence-electron chi connectivity index (χ4n) is 2.41. The molecule has 1 aliphatic rings. The minimum absolute atomic E-state index is 0. The Bertz CT molecular complexity index is 444. The van der Waals surface area contributed by atoms with Gasteiger partial charge in [0.25, 0.3) is 0 Å². The number of benzene rings is 1. The second-order valence-corrected chi connectivity index (χ2v) is 4.89. The largest absolute Gasteiger partial charge is 0.349 e. The van der Waals surface area contributed by atoms with Crippen molar-refractivity contribution in [3.63, 3.8) is 0 Å². The van der Waals surface area contributed by atoms with Crippen molar-refractivity contribution >= 4 is 18.3 Å². The van der Waals surface area contributed by atoms with Gasteiger partial charge >= 0.3 is 0 Å². The molecule has 1 aromatic carbocycles. The second kappa shape index (κ2) is 7.55. The van der Waals surface area contributed by atoms with Gasteiger partial charge in [-0.25, -0.2) is 8.78 Å². The van der Waals surface area contributed by atoms with Crippen LogP contribution in [0.25, 0.3) is 0 Å². The van der Waals surface area contributed by atoms with Gasteiger partial charge in [-0.1, -0.05) is 6.07 Å². The predicted molar refractivity (Wildman–Crippen MR) is 75.8 cm³/mol. The molecule has 1 aromatic rings. The number of amides is 1. The van der Waals surface area contributed by atoms with Crippen molar-refractivity contribution in [3.8, 4) is 0 Å². The SMILES string of the molecule is CC(NC(=O)C1CCNCC1)c1c(F)cccc1F.Cl. The molecule has 0 radical (unpaired) electrons. The van der Waals surface area contributed by atoms with E-state index in [9.17, 15) is 13.6 Å². The van der Waals surface area contributed by atoms with Crippen LogP contribution in [0.2, 0.25) is 0 Å². The van der Waals surface area contributed by atoms with Crippen LogP contribution < -0.4 is 10.6 Å². The van der Waals surface area contributed by atoms with E-state index < -0.39 is 17.7 Å².